The Morgan fingerprint density at radius 3 is 2.60 bits per heavy atom. The van der Waals surface area contributed by atoms with Crippen LogP contribution in [0.1, 0.15) is 72.6 Å². The fourth-order valence-electron chi connectivity index (χ4n) is 5.92. The predicted molar refractivity (Wildman–Crippen MR) is 87.6 cm³/mol. The normalized spacial score (nSPS) is 46.9. The van der Waals surface area contributed by atoms with Crippen LogP contribution in [-0.2, 0) is 0 Å². The first-order chi connectivity index (χ1) is 9.31. The summed E-state index contributed by atoms with van der Waals surface area (Å²) in [7, 11) is 0. The molecule has 0 nitrogen and oxygen atoms in total. The van der Waals surface area contributed by atoms with Crippen molar-refractivity contribution in [3.8, 4) is 0 Å². The minimum atomic E-state index is 0.357. The minimum Gasteiger partial charge on any atom is -0.103 e. The van der Waals surface area contributed by atoms with Crippen LogP contribution in [0.15, 0.2) is 24.3 Å². The Hall–Kier alpha value is -0.520. The highest BCUT2D eigenvalue weighted by Gasteiger charge is 2.53. The highest BCUT2D eigenvalue weighted by molar-refractivity contribution is 5.24. The third kappa shape index (κ3) is 2.02. The predicted octanol–water partition coefficient (Wildman–Crippen LogP) is 6.14. The lowest BCUT2D eigenvalue weighted by Crippen LogP contribution is -2.50. The zero-order valence-corrected chi connectivity index (χ0v) is 14.0. The van der Waals surface area contributed by atoms with Crippen LogP contribution in [0, 0.1) is 28.1 Å². The molecule has 4 atom stereocenters. The SMILES string of the molecule is [13CH2]=[13CH][13C@]1([13CH3])[13CH2][13CH2][13C@@H]2[13C](=[13CH][13CH2][13C@H]3[13C]([13CH3])([13CH3])[13CH2][13CH2][13CH2][13C@]23[13CH3])[13CH2]1. The lowest BCUT2D eigenvalue weighted by Gasteiger charge is -2.59. The highest BCUT2D eigenvalue weighted by atomic mass is 15.6. The van der Waals surface area contributed by atoms with E-state index in [4.69, 9.17) is 0 Å². The van der Waals surface area contributed by atoms with Crippen molar-refractivity contribution in [3.05, 3.63) is 24.3 Å². The van der Waals surface area contributed by atoms with E-state index in [0.29, 0.717) is 16.2 Å². The van der Waals surface area contributed by atoms with Crippen molar-refractivity contribution in [1.29, 1.82) is 0 Å². The molecule has 0 aromatic rings. The van der Waals surface area contributed by atoms with Gasteiger partial charge in [-0.3, -0.25) is 0 Å². The molecule has 0 aromatic carbocycles. The molecule has 2 saturated carbocycles. The number of rotatable bonds is 1. The molecule has 0 amide bonds. The molecular formula is C20H32. The molecule has 3 rings (SSSR count). The van der Waals surface area contributed by atoms with Crippen LogP contribution in [0.3, 0.4) is 0 Å². The first-order valence-corrected chi connectivity index (χ1v) is 8.63. The van der Waals surface area contributed by atoms with Gasteiger partial charge in [-0.15, -0.1) is 6.58 Å². The van der Waals surface area contributed by atoms with Crippen LogP contribution in [0.2, 0.25) is 0 Å². The second-order valence-corrected chi connectivity index (χ2v) is 9.04. The summed E-state index contributed by atoms with van der Waals surface area (Å²) in [5.41, 5.74) is 3.23. The molecule has 0 aliphatic heterocycles. The van der Waals surface area contributed by atoms with E-state index in [2.05, 4.69) is 46.4 Å². The molecule has 0 N–H and O–H groups in total. The first-order valence-electron chi connectivity index (χ1n) is 8.63. The summed E-state index contributed by atoms with van der Waals surface area (Å²) in [6.45, 7) is 14.1. The lowest BCUT2D eigenvalue weighted by atomic mass is 10.4. The molecule has 20 heavy (non-hydrogen) atoms. The molecule has 0 saturated heterocycles. The smallest absolute Gasteiger partial charge is 0.0112 e. The van der Waals surface area contributed by atoms with Crippen LogP contribution in [0.5, 0.6) is 0 Å². The van der Waals surface area contributed by atoms with Gasteiger partial charge in [0.25, 0.3) is 0 Å². The van der Waals surface area contributed by atoms with Crippen LogP contribution in [0.4, 0.5) is 0 Å². The Kier molecular flexibility index (Phi) is 3.23. The van der Waals surface area contributed by atoms with E-state index in [-0.39, 0.29) is 0 Å². The quantitative estimate of drug-likeness (QED) is 0.402. The van der Waals surface area contributed by atoms with Gasteiger partial charge in [0.15, 0.2) is 0 Å². The molecule has 0 radical (unpaired) electrons. The zero-order valence-electron chi connectivity index (χ0n) is 14.0. The number of allylic oxidation sites excluding steroid dienone is 3. The third-order valence-corrected chi connectivity index (χ3v) is 7.24. The molecule has 0 heteroatoms. The maximum Gasteiger partial charge on any atom is -0.0112 e. The molecule has 112 valence electrons. The van der Waals surface area contributed by atoms with Crippen molar-refractivity contribution >= 4 is 0 Å². The summed E-state index contributed by atoms with van der Waals surface area (Å²) in [5, 5.41) is 0. The standard InChI is InChI=1S/C20H32/c1-6-19(4)13-10-16-15(14-19)8-9-17-18(2,3)11-7-12-20(16,17)5/h6,8,16-17H,1,7,9-14H2,2-5H3/t16-,17+,19-,20-/m1/s1/i1+1,2+1,3+1,4+1,5+1,6+1,7+1,8+1,9+1,10+1,11+1,12+1,13+1,14+1,15+1,16+1,17+1,18+1,19+1,20+1. The summed E-state index contributed by atoms with van der Waals surface area (Å²) >= 11 is 0. The molecule has 0 unspecified atom stereocenters. The zero-order chi connectivity index (χ0) is 14.6. The van der Waals surface area contributed by atoms with Gasteiger partial charge in [0.05, 0.1) is 0 Å². The van der Waals surface area contributed by atoms with Gasteiger partial charge in [-0.2, -0.15) is 0 Å². The van der Waals surface area contributed by atoms with Crippen LogP contribution in [0.25, 0.3) is 0 Å². The van der Waals surface area contributed by atoms with Crippen molar-refractivity contribution in [2.24, 2.45) is 28.1 Å². The highest BCUT2D eigenvalue weighted by Crippen LogP contribution is 2.63. The summed E-state index contributed by atoms with van der Waals surface area (Å²) in [5.74, 6) is 1.75. The van der Waals surface area contributed by atoms with E-state index >= 15 is 0 Å². The van der Waals surface area contributed by atoms with Gasteiger partial charge in [0.1, 0.15) is 0 Å². The topological polar surface area (TPSA) is 0 Å². The second kappa shape index (κ2) is 4.49. The van der Waals surface area contributed by atoms with Crippen molar-refractivity contribution in [2.75, 3.05) is 0 Å². The maximum atomic E-state index is 4.09. The van der Waals surface area contributed by atoms with E-state index < -0.39 is 0 Å². The Balaban J connectivity index is 1.94. The van der Waals surface area contributed by atoms with Crippen LogP contribution >= 0.6 is 0 Å². The number of hydrogen-bond donors (Lipinski definition) is 0. The molecule has 2 fully saturated rings. The van der Waals surface area contributed by atoms with Crippen molar-refractivity contribution < 1.29 is 0 Å². The Morgan fingerprint density at radius 1 is 1.15 bits per heavy atom. The number of hydrogen-bond acceptors (Lipinski definition) is 0. The third-order valence-electron chi connectivity index (χ3n) is 7.24. The van der Waals surface area contributed by atoms with Crippen molar-refractivity contribution in [1.82, 2.24) is 0 Å². The fraction of sp³-hybridized carbons (Fsp3) is 0.800. The Labute approximate surface area is 125 Å². The fourth-order valence-corrected chi connectivity index (χ4v) is 5.92. The average Bonchev–Trinajstić information content (AvgIpc) is 2.37. The molecule has 3 aliphatic rings. The Bertz CT molecular complexity index is 441. The Morgan fingerprint density at radius 2 is 1.90 bits per heavy atom. The second-order valence-electron chi connectivity index (χ2n) is 9.04. The average molecular weight is 292 g/mol. The lowest BCUT2D eigenvalue weighted by molar-refractivity contribution is -0.0489. The minimum absolute atomic E-state index is 0.357. The summed E-state index contributed by atoms with van der Waals surface area (Å²) in [4.78, 5) is 0. The summed E-state index contributed by atoms with van der Waals surface area (Å²) in [6.07, 6.45) is 14.5. The van der Waals surface area contributed by atoms with E-state index in [1.165, 1.54) is 44.9 Å². The van der Waals surface area contributed by atoms with Crippen molar-refractivity contribution in [2.45, 2.75) is 72.6 Å². The van der Waals surface area contributed by atoms with Gasteiger partial charge in [0.2, 0.25) is 0 Å². The molecule has 0 bridgehead atoms. The summed E-state index contributed by atoms with van der Waals surface area (Å²) < 4.78 is 0. The number of fused-ring (bicyclic) bond motifs is 3. The monoisotopic (exact) mass is 292 g/mol. The summed E-state index contributed by atoms with van der Waals surface area (Å²) in [6, 6.07) is 0. The van der Waals surface area contributed by atoms with Gasteiger partial charge in [-0.05, 0) is 66.6 Å². The van der Waals surface area contributed by atoms with E-state index in [1.54, 1.807) is 5.57 Å². The van der Waals surface area contributed by atoms with Gasteiger partial charge >= 0.3 is 0 Å². The first kappa shape index (κ1) is 14.4. The van der Waals surface area contributed by atoms with Crippen LogP contribution < -0.4 is 0 Å². The van der Waals surface area contributed by atoms with Gasteiger partial charge < -0.3 is 0 Å². The van der Waals surface area contributed by atoms with E-state index in [1.807, 2.05) is 0 Å². The molecule has 0 spiro atoms. The van der Waals surface area contributed by atoms with Gasteiger partial charge in [0, 0.05) is 0 Å². The largest absolute Gasteiger partial charge is 0.103 e. The molecule has 0 heterocycles. The van der Waals surface area contributed by atoms with Gasteiger partial charge in [-0.25, -0.2) is 0 Å². The molecule has 3 aliphatic carbocycles. The molecule has 0 aromatic heterocycles. The van der Waals surface area contributed by atoms with Crippen LogP contribution in [-0.4, -0.2) is 0 Å². The van der Waals surface area contributed by atoms with Gasteiger partial charge in [-0.1, -0.05) is 51.8 Å². The van der Waals surface area contributed by atoms with Crippen molar-refractivity contribution in [3.63, 3.8) is 0 Å². The van der Waals surface area contributed by atoms with E-state index in [9.17, 15) is 0 Å². The molecular weight excluding hydrogens is 260 g/mol. The maximum absolute atomic E-state index is 4.09. The van der Waals surface area contributed by atoms with E-state index in [0.717, 1.165) is 11.8 Å².